The Labute approximate surface area is 159 Å². The molecule has 25 heavy (non-hydrogen) atoms. The number of fused-ring (bicyclic) bond motifs is 1. The third-order valence-corrected chi connectivity index (χ3v) is 6.65. The molecule has 0 unspecified atom stereocenters. The van der Waals surface area contributed by atoms with Crippen molar-refractivity contribution in [3.05, 3.63) is 28.2 Å². The number of piperidine rings is 2. The van der Waals surface area contributed by atoms with E-state index in [2.05, 4.69) is 23.0 Å². The summed E-state index contributed by atoms with van der Waals surface area (Å²) in [6.45, 7) is 3.15. The topological polar surface area (TPSA) is 35.5 Å². The van der Waals surface area contributed by atoms with Crippen molar-refractivity contribution >= 4 is 21.9 Å². The minimum absolute atomic E-state index is 0.132. The minimum atomic E-state index is -0.132. The van der Waals surface area contributed by atoms with Crippen LogP contribution in [0, 0.1) is 5.92 Å². The van der Waals surface area contributed by atoms with Crippen molar-refractivity contribution in [2.45, 2.75) is 44.6 Å². The zero-order valence-corrected chi connectivity index (χ0v) is 16.9. The molecule has 1 aromatic rings. The molecular weight excluding hydrogens is 382 g/mol. The maximum Gasteiger partial charge on any atom is 0.310 e. The lowest BCUT2D eigenvalue weighted by Crippen LogP contribution is -2.61. The molecule has 2 aliphatic heterocycles. The van der Waals surface area contributed by atoms with Crippen LogP contribution in [0.2, 0.25) is 0 Å². The van der Waals surface area contributed by atoms with Crippen molar-refractivity contribution in [2.24, 2.45) is 5.92 Å². The van der Waals surface area contributed by atoms with Gasteiger partial charge in [-0.15, -0.1) is 0 Å². The van der Waals surface area contributed by atoms with Gasteiger partial charge in [-0.1, -0.05) is 6.07 Å². The zero-order chi connectivity index (χ0) is 17.9. The van der Waals surface area contributed by atoms with Crippen LogP contribution in [0.1, 0.15) is 37.7 Å². The highest BCUT2D eigenvalue weighted by Gasteiger charge is 2.43. The number of ether oxygens (including phenoxy) is 2. The predicted octanol–water partition coefficient (Wildman–Crippen LogP) is 3.95. The van der Waals surface area contributed by atoms with E-state index in [-0.39, 0.29) is 5.97 Å². The van der Waals surface area contributed by atoms with Crippen molar-refractivity contribution in [2.75, 3.05) is 33.9 Å². The fraction of sp³-hybridized carbons (Fsp3) is 0.650. The molecule has 138 valence electrons. The van der Waals surface area contributed by atoms with Gasteiger partial charge in [0.25, 0.3) is 0 Å². The maximum absolute atomic E-state index is 12.3. The molecule has 0 radical (unpaired) electrons. The Morgan fingerprint density at radius 3 is 2.80 bits per heavy atom. The third-order valence-electron chi connectivity index (χ3n) is 6.03. The second-order valence-corrected chi connectivity index (χ2v) is 8.58. The number of nitrogens with zero attached hydrogens (tertiary/aromatic N) is 1. The number of hydrogen-bond acceptors (Lipinski definition) is 3. The largest absolute Gasteiger partial charge is 0.496 e. The van der Waals surface area contributed by atoms with E-state index in [1.54, 1.807) is 7.11 Å². The van der Waals surface area contributed by atoms with Gasteiger partial charge in [0.2, 0.25) is 0 Å². The first-order chi connectivity index (χ1) is 12.0. The molecule has 0 N–H and O–H groups in total. The van der Waals surface area contributed by atoms with Crippen LogP contribution in [0.4, 0.5) is 0 Å². The quantitative estimate of drug-likeness (QED) is 0.544. The number of carbonyl (C=O) groups excluding carboxylic acids is 1. The first kappa shape index (κ1) is 18.7. The lowest BCUT2D eigenvalue weighted by Gasteiger charge is -2.51. The van der Waals surface area contributed by atoms with Crippen LogP contribution < -0.4 is 4.74 Å². The summed E-state index contributed by atoms with van der Waals surface area (Å²) in [6.07, 6.45) is 6.70. The van der Waals surface area contributed by atoms with Crippen LogP contribution >= 0.6 is 15.9 Å². The average molecular weight is 411 g/mol. The summed E-state index contributed by atoms with van der Waals surface area (Å²) in [5, 5.41) is 0. The standard InChI is InChI=1S/C20H29BrNO3/c1-22-10-4-3-7-18(22)16(6-5-11-22)14-25-20(23)13-15-8-9-19(24-2)17(21)12-15/h8-9,12,16,18H,3-7,10-11,13-14H2,1-2H3/q+1/t16-,18+,22+/m1/s1. The van der Waals surface area contributed by atoms with Gasteiger partial charge < -0.3 is 14.0 Å². The Morgan fingerprint density at radius 1 is 1.24 bits per heavy atom. The predicted molar refractivity (Wildman–Crippen MR) is 102 cm³/mol. The number of benzene rings is 1. The van der Waals surface area contributed by atoms with E-state index in [9.17, 15) is 4.79 Å². The van der Waals surface area contributed by atoms with Gasteiger partial charge in [-0.05, 0) is 59.3 Å². The SMILES string of the molecule is COc1ccc(CC(=O)OC[C@H]2CCC[N@+]3(C)CCCC[C@@H]23)cc1Br. The Balaban J connectivity index is 1.54. The number of halogens is 1. The second kappa shape index (κ2) is 8.09. The molecule has 3 rings (SSSR count). The highest BCUT2D eigenvalue weighted by Crippen LogP contribution is 2.36. The van der Waals surface area contributed by atoms with Gasteiger partial charge >= 0.3 is 5.97 Å². The second-order valence-electron chi connectivity index (χ2n) is 7.72. The third kappa shape index (κ3) is 4.37. The smallest absolute Gasteiger partial charge is 0.310 e. The molecule has 0 spiro atoms. The maximum atomic E-state index is 12.3. The van der Waals surface area contributed by atoms with Gasteiger partial charge in [0.1, 0.15) is 5.75 Å². The molecule has 1 aromatic carbocycles. The molecule has 5 heteroatoms. The molecule has 0 aromatic heterocycles. The van der Waals surface area contributed by atoms with Crippen molar-refractivity contribution in [3.8, 4) is 5.75 Å². The van der Waals surface area contributed by atoms with Crippen LogP contribution in [0.15, 0.2) is 22.7 Å². The van der Waals surface area contributed by atoms with Crippen LogP contribution in [0.5, 0.6) is 5.75 Å². The molecule has 4 nitrogen and oxygen atoms in total. The lowest BCUT2D eigenvalue weighted by molar-refractivity contribution is -0.947. The summed E-state index contributed by atoms with van der Waals surface area (Å²) in [4.78, 5) is 12.3. The molecule has 3 atom stereocenters. The Morgan fingerprint density at radius 2 is 2.04 bits per heavy atom. The molecule has 2 aliphatic rings. The van der Waals surface area contributed by atoms with Crippen LogP contribution in [0.3, 0.4) is 0 Å². The molecule has 0 bridgehead atoms. The van der Waals surface area contributed by atoms with Crippen LogP contribution in [-0.2, 0) is 16.0 Å². The number of esters is 1. The summed E-state index contributed by atoms with van der Waals surface area (Å²) >= 11 is 3.46. The monoisotopic (exact) mass is 410 g/mol. The van der Waals surface area contributed by atoms with Crippen molar-refractivity contribution < 1.29 is 18.8 Å². The Hall–Kier alpha value is -1.07. The highest BCUT2D eigenvalue weighted by atomic mass is 79.9. The fourth-order valence-corrected chi connectivity index (χ4v) is 5.25. The van der Waals surface area contributed by atoms with E-state index >= 15 is 0 Å². The molecule has 2 saturated heterocycles. The van der Waals surface area contributed by atoms with E-state index in [1.807, 2.05) is 18.2 Å². The first-order valence-corrected chi connectivity index (χ1v) is 10.1. The summed E-state index contributed by atoms with van der Waals surface area (Å²) in [7, 11) is 4.03. The van der Waals surface area contributed by atoms with Gasteiger partial charge in [0, 0.05) is 12.3 Å². The van der Waals surface area contributed by atoms with Crippen molar-refractivity contribution in [1.29, 1.82) is 0 Å². The zero-order valence-electron chi connectivity index (χ0n) is 15.3. The van der Waals surface area contributed by atoms with Gasteiger partial charge in [-0.25, -0.2) is 0 Å². The van der Waals surface area contributed by atoms with Crippen LogP contribution in [-0.4, -0.2) is 50.3 Å². The van der Waals surface area contributed by atoms with Gasteiger partial charge in [0.05, 0.1) is 50.8 Å². The number of hydrogen-bond donors (Lipinski definition) is 0. The normalized spacial score (nSPS) is 28.9. The average Bonchev–Trinajstić information content (AvgIpc) is 2.59. The van der Waals surface area contributed by atoms with Gasteiger partial charge in [0.15, 0.2) is 0 Å². The van der Waals surface area contributed by atoms with E-state index in [0.29, 0.717) is 25.0 Å². The molecule has 2 heterocycles. The summed E-state index contributed by atoms with van der Waals surface area (Å²) in [5.41, 5.74) is 0.944. The van der Waals surface area contributed by atoms with E-state index in [1.165, 1.54) is 49.7 Å². The van der Waals surface area contributed by atoms with E-state index < -0.39 is 0 Å². The van der Waals surface area contributed by atoms with Crippen LogP contribution in [0.25, 0.3) is 0 Å². The van der Waals surface area contributed by atoms with E-state index in [0.717, 1.165) is 15.8 Å². The minimum Gasteiger partial charge on any atom is -0.496 e. The van der Waals surface area contributed by atoms with Gasteiger partial charge in [-0.3, -0.25) is 4.79 Å². The molecular formula is C20H29BrNO3+. The number of rotatable bonds is 5. The lowest BCUT2D eigenvalue weighted by atomic mass is 9.82. The van der Waals surface area contributed by atoms with Crippen molar-refractivity contribution in [3.63, 3.8) is 0 Å². The number of carbonyl (C=O) groups is 1. The van der Waals surface area contributed by atoms with Gasteiger partial charge in [-0.2, -0.15) is 0 Å². The number of quaternary nitrogens is 1. The number of methoxy groups -OCH3 is 1. The fourth-order valence-electron chi connectivity index (χ4n) is 4.67. The first-order valence-electron chi connectivity index (χ1n) is 9.34. The summed E-state index contributed by atoms with van der Waals surface area (Å²) < 4.78 is 13.0. The van der Waals surface area contributed by atoms with E-state index in [4.69, 9.17) is 9.47 Å². The van der Waals surface area contributed by atoms with Crippen molar-refractivity contribution in [1.82, 2.24) is 0 Å². The molecule has 2 fully saturated rings. The molecule has 0 saturated carbocycles. The Kier molecular flexibility index (Phi) is 6.05. The summed E-state index contributed by atoms with van der Waals surface area (Å²) in [5.74, 6) is 1.16. The Bertz CT molecular complexity index is 617. The molecule has 0 aliphatic carbocycles. The highest BCUT2D eigenvalue weighted by molar-refractivity contribution is 9.10. The summed E-state index contributed by atoms with van der Waals surface area (Å²) in [6, 6.07) is 6.39. The molecule has 0 amide bonds.